The van der Waals surface area contributed by atoms with Crippen molar-refractivity contribution in [3.63, 3.8) is 0 Å². The van der Waals surface area contributed by atoms with E-state index in [4.69, 9.17) is 5.84 Å². The van der Waals surface area contributed by atoms with Crippen LogP contribution in [0.15, 0.2) is 48.8 Å². The fourth-order valence-electron chi connectivity index (χ4n) is 2.13. The number of hydrazine groups is 1. The summed E-state index contributed by atoms with van der Waals surface area (Å²) in [5.41, 5.74) is 6.62. The first-order valence-electron chi connectivity index (χ1n) is 6.22. The molecule has 18 heavy (non-hydrogen) atoms. The molecule has 0 bridgehead atoms. The Hall–Kier alpha value is -1.71. The SMILES string of the molecule is Cc1ccncc1C(CCc1ccccc1)NN. The molecular weight excluding hydrogens is 222 g/mol. The Morgan fingerprint density at radius 3 is 2.67 bits per heavy atom. The second-order valence-electron chi connectivity index (χ2n) is 4.48. The summed E-state index contributed by atoms with van der Waals surface area (Å²) in [5.74, 6) is 5.66. The third-order valence-corrected chi connectivity index (χ3v) is 3.22. The van der Waals surface area contributed by atoms with E-state index < -0.39 is 0 Å². The Kier molecular flexibility index (Phi) is 4.45. The van der Waals surface area contributed by atoms with Gasteiger partial charge in [0.15, 0.2) is 0 Å². The van der Waals surface area contributed by atoms with Crippen molar-refractivity contribution < 1.29 is 0 Å². The van der Waals surface area contributed by atoms with Crippen molar-refractivity contribution in [3.05, 3.63) is 65.5 Å². The molecule has 1 aromatic heterocycles. The van der Waals surface area contributed by atoms with Crippen LogP contribution in [0.2, 0.25) is 0 Å². The molecule has 94 valence electrons. The predicted molar refractivity (Wildman–Crippen MR) is 73.8 cm³/mol. The molecule has 2 rings (SSSR count). The number of hydrogen-bond donors (Lipinski definition) is 2. The van der Waals surface area contributed by atoms with Gasteiger partial charge in [0.25, 0.3) is 0 Å². The van der Waals surface area contributed by atoms with Crippen molar-refractivity contribution in [2.24, 2.45) is 5.84 Å². The standard InChI is InChI=1S/C15H19N3/c1-12-9-10-17-11-14(12)15(18-16)8-7-13-5-3-2-4-6-13/h2-6,9-11,15,18H,7-8,16H2,1H3. The van der Waals surface area contributed by atoms with E-state index in [1.165, 1.54) is 16.7 Å². The van der Waals surface area contributed by atoms with E-state index in [1.807, 2.05) is 24.5 Å². The lowest BCUT2D eigenvalue weighted by Gasteiger charge is -2.17. The summed E-state index contributed by atoms with van der Waals surface area (Å²) in [7, 11) is 0. The van der Waals surface area contributed by atoms with Crippen molar-refractivity contribution in [2.45, 2.75) is 25.8 Å². The normalized spacial score (nSPS) is 12.3. The summed E-state index contributed by atoms with van der Waals surface area (Å²) in [5, 5.41) is 0. The summed E-state index contributed by atoms with van der Waals surface area (Å²) < 4.78 is 0. The van der Waals surface area contributed by atoms with Crippen LogP contribution in [0, 0.1) is 6.92 Å². The smallest absolute Gasteiger partial charge is 0.0481 e. The lowest BCUT2D eigenvalue weighted by Crippen LogP contribution is -2.29. The van der Waals surface area contributed by atoms with Gasteiger partial charge in [-0.25, -0.2) is 0 Å². The maximum atomic E-state index is 5.66. The fourth-order valence-corrected chi connectivity index (χ4v) is 2.13. The van der Waals surface area contributed by atoms with E-state index >= 15 is 0 Å². The molecule has 0 saturated heterocycles. The molecule has 1 atom stereocenters. The van der Waals surface area contributed by atoms with Gasteiger partial charge in [-0.3, -0.25) is 16.3 Å². The predicted octanol–water partition coefficient (Wildman–Crippen LogP) is 2.53. The number of benzene rings is 1. The van der Waals surface area contributed by atoms with Gasteiger partial charge in [-0.1, -0.05) is 30.3 Å². The first kappa shape index (κ1) is 12.7. The number of hydrogen-bond acceptors (Lipinski definition) is 3. The summed E-state index contributed by atoms with van der Waals surface area (Å²) in [6.45, 7) is 2.09. The quantitative estimate of drug-likeness (QED) is 0.624. The highest BCUT2D eigenvalue weighted by molar-refractivity contribution is 5.25. The van der Waals surface area contributed by atoms with Crippen LogP contribution in [0.3, 0.4) is 0 Å². The molecule has 3 nitrogen and oxygen atoms in total. The molecule has 1 aromatic carbocycles. The Morgan fingerprint density at radius 2 is 2.00 bits per heavy atom. The number of nitrogens with two attached hydrogens (primary N) is 1. The molecule has 1 heterocycles. The topological polar surface area (TPSA) is 50.9 Å². The average Bonchev–Trinajstić information content (AvgIpc) is 2.42. The third-order valence-electron chi connectivity index (χ3n) is 3.22. The monoisotopic (exact) mass is 241 g/mol. The van der Waals surface area contributed by atoms with Crippen molar-refractivity contribution in [3.8, 4) is 0 Å². The summed E-state index contributed by atoms with van der Waals surface area (Å²) in [6.07, 6.45) is 5.67. The first-order valence-corrected chi connectivity index (χ1v) is 6.22. The van der Waals surface area contributed by atoms with Gasteiger partial charge in [-0.15, -0.1) is 0 Å². The van der Waals surface area contributed by atoms with Crippen LogP contribution in [-0.2, 0) is 6.42 Å². The number of rotatable bonds is 5. The van der Waals surface area contributed by atoms with Crippen LogP contribution >= 0.6 is 0 Å². The molecule has 0 spiro atoms. The molecular formula is C15H19N3. The first-order chi connectivity index (χ1) is 8.81. The van der Waals surface area contributed by atoms with Crippen LogP contribution in [0.1, 0.15) is 29.2 Å². The van der Waals surface area contributed by atoms with E-state index in [2.05, 4.69) is 41.6 Å². The molecule has 0 radical (unpaired) electrons. The zero-order valence-corrected chi connectivity index (χ0v) is 10.6. The van der Waals surface area contributed by atoms with Crippen molar-refractivity contribution >= 4 is 0 Å². The van der Waals surface area contributed by atoms with Gasteiger partial charge in [-0.2, -0.15) is 0 Å². The molecule has 0 aliphatic carbocycles. The maximum Gasteiger partial charge on any atom is 0.0481 e. The van der Waals surface area contributed by atoms with E-state index in [1.54, 1.807) is 0 Å². The van der Waals surface area contributed by atoms with Gasteiger partial charge in [0.1, 0.15) is 0 Å². The Bertz CT molecular complexity index is 482. The highest BCUT2D eigenvalue weighted by Gasteiger charge is 2.12. The second kappa shape index (κ2) is 6.28. The van der Waals surface area contributed by atoms with Gasteiger partial charge in [0.05, 0.1) is 0 Å². The molecule has 0 aliphatic rings. The lowest BCUT2D eigenvalue weighted by molar-refractivity contribution is 0.513. The van der Waals surface area contributed by atoms with Gasteiger partial charge >= 0.3 is 0 Å². The summed E-state index contributed by atoms with van der Waals surface area (Å²) >= 11 is 0. The minimum absolute atomic E-state index is 0.152. The van der Waals surface area contributed by atoms with E-state index in [9.17, 15) is 0 Å². The molecule has 2 aromatic rings. The van der Waals surface area contributed by atoms with Gasteiger partial charge in [0, 0.05) is 18.4 Å². The Morgan fingerprint density at radius 1 is 1.22 bits per heavy atom. The largest absolute Gasteiger partial charge is 0.271 e. The lowest BCUT2D eigenvalue weighted by atomic mass is 9.98. The minimum Gasteiger partial charge on any atom is -0.271 e. The fraction of sp³-hybridized carbons (Fsp3) is 0.267. The third kappa shape index (κ3) is 3.15. The molecule has 1 unspecified atom stereocenters. The highest BCUT2D eigenvalue weighted by atomic mass is 15.2. The van der Waals surface area contributed by atoms with Crippen LogP contribution in [0.5, 0.6) is 0 Å². The van der Waals surface area contributed by atoms with E-state index in [-0.39, 0.29) is 6.04 Å². The molecule has 0 aliphatic heterocycles. The number of aryl methyl sites for hydroxylation is 2. The number of pyridine rings is 1. The van der Waals surface area contributed by atoms with Crippen LogP contribution < -0.4 is 11.3 Å². The summed E-state index contributed by atoms with van der Waals surface area (Å²) in [6, 6.07) is 12.6. The van der Waals surface area contributed by atoms with Gasteiger partial charge in [0.2, 0.25) is 0 Å². The zero-order valence-electron chi connectivity index (χ0n) is 10.6. The molecule has 3 N–H and O–H groups in total. The van der Waals surface area contributed by atoms with E-state index in [0.29, 0.717) is 0 Å². The minimum atomic E-state index is 0.152. The summed E-state index contributed by atoms with van der Waals surface area (Å²) in [4.78, 5) is 4.17. The molecule has 3 heteroatoms. The Balaban J connectivity index is 2.04. The molecule has 0 saturated carbocycles. The number of nitrogens with one attached hydrogen (secondary N) is 1. The maximum absolute atomic E-state index is 5.66. The van der Waals surface area contributed by atoms with Crippen LogP contribution in [0.4, 0.5) is 0 Å². The number of nitrogens with zero attached hydrogens (tertiary/aromatic N) is 1. The van der Waals surface area contributed by atoms with Gasteiger partial charge < -0.3 is 0 Å². The van der Waals surface area contributed by atoms with Crippen LogP contribution in [0.25, 0.3) is 0 Å². The molecule has 0 amide bonds. The van der Waals surface area contributed by atoms with Crippen molar-refractivity contribution in [1.29, 1.82) is 0 Å². The van der Waals surface area contributed by atoms with Crippen LogP contribution in [-0.4, -0.2) is 4.98 Å². The number of aromatic nitrogens is 1. The second-order valence-corrected chi connectivity index (χ2v) is 4.48. The average molecular weight is 241 g/mol. The van der Waals surface area contributed by atoms with Crippen molar-refractivity contribution in [2.75, 3.05) is 0 Å². The zero-order chi connectivity index (χ0) is 12.8. The Labute approximate surface area is 108 Å². The highest BCUT2D eigenvalue weighted by Crippen LogP contribution is 2.20. The van der Waals surface area contributed by atoms with Gasteiger partial charge in [-0.05, 0) is 42.5 Å². The van der Waals surface area contributed by atoms with Crippen molar-refractivity contribution in [1.82, 2.24) is 10.4 Å². The van der Waals surface area contributed by atoms with E-state index in [0.717, 1.165) is 12.8 Å². The molecule has 0 fully saturated rings.